The summed E-state index contributed by atoms with van der Waals surface area (Å²) in [6.45, 7) is 5.36. The predicted octanol–water partition coefficient (Wildman–Crippen LogP) is 12.5. The summed E-state index contributed by atoms with van der Waals surface area (Å²) in [5.41, 5.74) is 3.91. The van der Waals surface area contributed by atoms with Crippen LogP contribution in [0.2, 0.25) is 0 Å². The van der Waals surface area contributed by atoms with E-state index >= 15 is 0 Å². The summed E-state index contributed by atoms with van der Waals surface area (Å²) in [6, 6.07) is 24.0. The third-order valence-corrected chi connectivity index (χ3v) is 14.0. The van der Waals surface area contributed by atoms with Crippen molar-refractivity contribution in [3.05, 3.63) is 95.1 Å². The highest BCUT2D eigenvalue weighted by atomic mass is 32.1. The summed E-state index contributed by atoms with van der Waals surface area (Å²) in [7, 11) is 0. The summed E-state index contributed by atoms with van der Waals surface area (Å²) in [5.74, 6) is -0.711. The molecule has 9 heteroatoms. The van der Waals surface area contributed by atoms with E-state index in [1.54, 1.807) is 34.0 Å². The van der Waals surface area contributed by atoms with Crippen LogP contribution in [-0.2, 0) is 0 Å². The van der Waals surface area contributed by atoms with Crippen LogP contribution in [0.15, 0.2) is 72.8 Å². The second-order valence-corrected chi connectivity index (χ2v) is 17.3. The van der Waals surface area contributed by atoms with E-state index in [1.807, 2.05) is 36.4 Å². The van der Waals surface area contributed by atoms with E-state index in [2.05, 4.69) is 50.2 Å². The summed E-state index contributed by atoms with van der Waals surface area (Å²) in [4.78, 5) is 62.2. The first-order valence-electron chi connectivity index (χ1n) is 19.2. The van der Waals surface area contributed by atoms with Crippen LogP contribution in [0.1, 0.15) is 132 Å². The predicted molar refractivity (Wildman–Crippen MR) is 219 cm³/mol. The molecular formula is C44H46N2O4S3. The first-order valence-corrected chi connectivity index (χ1v) is 21.6. The normalized spacial score (nSPS) is 13.8. The Morgan fingerprint density at radius 1 is 0.377 bits per heavy atom. The highest BCUT2D eigenvalue weighted by molar-refractivity contribution is 7.27. The number of rotatable bonds is 18. The summed E-state index contributed by atoms with van der Waals surface area (Å²) in [5, 5.41) is 0. The Kier molecular flexibility index (Phi) is 11.8. The lowest BCUT2D eigenvalue weighted by molar-refractivity contribution is 0.0636. The van der Waals surface area contributed by atoms with Gasteiger partial charge in [0.1, 0.15) is 0 Å². The second-order valence-electron chi connectivity index (χ2n) is 14.1. The van der Waals surface area contributed by atoms with Crippen LogP contribution >= 0.6 is 34.0 Å². The van der Waals surface area contributed by atoms with E-state index in [0.29, 0.717) is 35.3 Å². The van der Waals surface area contributed by atoms with Gasteiger partial charge in [-0.3, -0.25) is 29.0 Å². The Hall–Kier alpha value is -4.18. The number of hydrogen-bond acceptors (Lipinski definition) is 7. The van der Waals surface area contributed by atoms with E-state index in [4.69, 9.17) is 0 Å². The van der Waals surface area contributed by atoms with Crippen molar-refractivity contribution >= 4 is 57.6 Å². The fourth-order valence-electron chi connectivity index (χ4n) is 7.25. The van der Waals surface area contributed by atoms with Crippen LogP contribution in [0, 0.1) is 0 Å². The molecule has 0 unspecified atom stereocenters. The largest absolute Gasteiger partial charge is 0.274 e. The van der Waals surface area contributed by atoms with Gasteiger partial charge in [-0.15, -0.1) is 34.0 Å². The SMILES string of the molecule is CCCCCCCCN1C(=O)c2ccc(-c3ccc(-c4ccc(-c5ccc(-c6ccc7c(c6)C(=O)N(CCCCCCCC)C7=O)s5)s4)s3)cc2C1=O. The Morgan fingerprint density at radius 2 is 0.698 bits per heavy atom. The number of nitrogens with zero attached hydrogens (tertiary/aromatic N) is 2. The van der Waals surface area contributed by atoms with E-state index < -0.39 is 0 Å². The molecule has 2 aliphatic rings. The van der Waals surface area contributed by atoms with Crippen LogP contribution in [0.3, 0.4) is 0 Å². The number of fused-ring (bicyclic) bond motifs is 2. The maximum atomic E-state index is 13.3. The lowest BCUT2D eigenvalue weighted by atomic mass is 10.0. The van der Waals surface area contributed by atoms with Crippen LogP contribution in [0.4, 0.5) is 0 Å². The first kappa shape index (κ1) is 37.1. The molecule has 0 atom stereocenters. The molecule has 2 aromatic carbocycles. The van der Waals surface area contributed by atoms with E-state index in [0.717, 1.165) is 78.9 Å². The maximum Gasteiger partial charge on any atom is 0.261 e. The van der Waals surface area contributed by atoms with Crippen molar-refractivity contribution in [2.75, 3.05) is 13.1 Å². The third kappa shape index (κ3) is 7.89. The van der Waals surface area contributed by atoms with Crippen LogP contribution < -0.4 is 0 Å². The summed E-state index contributed by atoms with van der Waals surface area (Å²) >= 11 is 5.10. The maximum absolute atomic E-state index is 13.3. The molecule has 274 valence electrons. The van der Waals surface area contributed by atoms with Crippen LogP contribution in [0.5, 0.6) is 0 Å². The van der Waals surface area contributed by atoms with Crippen molar-refractivity contribution in [3.63, 3.8) is 0 Å². The Bertz CT molecular complexity index is 1990. The molecule has 0 bridgehead atoms. The lowest BCUT2D eigenvalue weighted by Crippen LogP contribution is -2.30. The molecule has 4 amide bonds. The topological polar surface area (TPSA) is 74.8 Å². The molecule has 0 aliphatic carbocycles. The molecule has 2 aliphatic heterocycles. The fraction of sp³-hybridized carbons (Fsp3) is 0.364. The Balaban J connectivity index is 0.992. The number of carbonyl (C=O) groups is 4. The van der Waals surface area contributed by atoms with Gasteiger partial charge in [0.2, 0.25) is 0 Å². The van der Waals surface area contributed by atoms with Gasteiger partial charge in [0.15, 0.2) is 0 Å². The average molecular weight is 763 g/mol. The van der Waals surface area contributed by atoms with Crippen LogP contribution in [-0.4, -0.2) is 46.5 Å². The zero-order valence-electron chi connectivity index (χ0n) is 30.6. The summed E-state index contributed by atoms with van der Waals surface area (Å²) in [6.07, 6.45) is 13.3. The van der Waals surface area contributed by atoms with Gasteiger partial charge in [0, 0.05) is 42.4 Å². The lowest BCUT2D eigenvalue weighted by Gasteiger charge is -2.13. The first-order chi connectivity index (χ1) is 25.9. The molecule has 0 fully saturated rings. The number of carbonyl (C=O) groups excluding carboxylic acids is 4. The zero-order chi connectivity index (χ0) is 36.9. The van der Waals surface area contributed by atoms with Crippen molar-refractivity contribution in [1.82, 2.24) is 9.80 Å². The minimum absolute atomic E-state index is 0.176. The number of imide groups is 2. The molecule has 5 aromatic rings. The molecule has 7 rings (SSSR count). The number of unbranched alkanes of at least 4 members (excludes halogenated alkanes) is 10. The molecule has 3 aromatic heterocycles. The number of amides is 4. The van der Waals surface area contributed by atoms with Crippen LogP contribution in [0.25, 0.3) is 40.4 Å². The van der Waals surface area contributed by atoms with Crippen molar-refractivity contribution in [3.8, 4) is 40.4 Å². The molecular weight excluding hydrogens is 717 g/mol. The molecule has 0 saturated carbocycles. The number of thiophene rings is 3. The van der Waals surface area contributed by atoms with Gasteiger partial charge in [-0.05, 0) is 84.6 Å². The standard InChI is InChI=1S/C44H46N2O4S3/c1-3-5-7-9-11-13-25-45-41(47)31-17-15-29(27-33(31)43(45)49)35-19-21-37(51-35)39-23-24-40(53-39)38-22-20-36(52-38)30-16-18-32-34(28-30)44(50)46(42(32)48)26-14-12-10-8-6-4-2/h15-24,27-28H,3-14,25-26H2,1-2H3. The molecule has 6 nitrogen and oxygen atoms in total. The Morgan fingerprint density at radius 3 is 1.09 bits per heavy atom. The molecule has 0 radical (unpaired) electrons. The third-order valence-electron chi connectivity index (χ3n) is 10.3. The molecule has 5 heterocycles. The van der Waals surface area contributed by atoms with Gasteiger partial charge in [0.25, 0.3) is 23.6 Å². The molecule has 53 heavy (non-hydrogen) atoms. The van der Waals surface area contributed by atoms with Gasteiger partial charge in [0.05, 0.1) is 22.3 Å². The molecule has 0 saturated heterocycles. The van der Waals surface area contributed by atoms with Crippen molar-refractivity contribution in [1.29, 1.82) is 0 Å². The monoisotopic (exact) mass is 762 g/mol. The Labute approximate surface area is 324 Å². The highest BCUT2D eigenvalue weighted by Gasteiger charge is 2.36. The van der Waals surface area contributed by atoms with E-state index in [-0.39, 0.29) is 23.6 Å². The zero-order valence-corrected chi connectivity index (χ0v) is 33.0. The van der Waals surface area contributed by atoms with Crippen molar-refractivity contribution in [2.24, 2.45) is 0 Å². The van der Waals surface area contributed by atoms with E-state index in [1.165, 1.54) is 48.3 Å². The van der Waals surface area contributed by atoms with Gasteiger partial charge in [-0.1, -0.05) is 90.2 Å². The fourth-order valence-corrected chi connectivity index (χ4v) is 10.4. The van der Waals surface area contributed by atoms with E-state index in [9.17, 15) is 19.2 Å². The minimum Gasteiger partial charge on any atom is -0.274 e. The van der Waals surface area contributed by atoms with Gasteiger partial charge < -0.3 is 0 Å². The molecule has 0 N–H and O–H groups in total. The number of hydrogen-bond donors (Lipinski definition) is 0. The number of benzene rings is 2. The van der Waals surface area contributed by atoms with Crippen molar-refractivity contribution < 1.29 is 19.2 Å². The van der Waals surface area contributed by atoms with Gasteiger partial charge in [-0.25, -0.2) is 0 Å². The molecule has 0 spiro atoms. The second kappa shape index (κ2) is 16.9. The van der Waals surface area contributed by atoms with Gasteiger partial charge in [-0.2, -0.15) is 0 Å². The average Bonchev–Trinajstić information content (AvgIpc) is 4.02. The minimum atomic E-state index is -0.180. The van der Waals surface area contributed by atoms with Gasteiger partial charge >= 0.3 is 0 Å². The quantitative estimate of drug-likeness (QED) is 0.0658. The summed E-state index contributed by atoms with van der Waals surface area (Å²) < 4.78 is 0. The highest BCUT2D eigenvalue weighted by Crippen LogP contribution is 2.44. The smallest absolute Gasteiger partial charge is 0.261 e. The van der Waals surface area contributed by atoms with Crippen molar-refractivity contribution in [2.45, 2.75) is 90.9 Å².